The molecule has 1 heterocycles. The van der Waals surface area contributed by atoms with Gasteiger partial charge in [0.25, 0.3) is 0 Å². The highest BCUT2D eigenvalue weighted by Gasteiger charge is 2.33. The molecule has 0 saturated heterocycles. The van der Waals surface area contributed by atoms with E-state index in [2.05, 4.69) is 20.6 Å². The number of alkyl halides is 3. The van der Waals surface area contributed by atoms with E-state index in [1.54, 1.807) is 0 Å². The Morgan fingerprint density at radius 2 is 2.05 bits per heavy atom. The molecule has 1 aromatic heterocycles. The lowest BCUT2D eigenvalue weighted by Crippen LogP contribution is -2.29. The molecule has 0 bridgehead atoms. The van der Waals surface area contributed by atoms with Crippen LogP contribution in [0.4, 0.5) is 23.7 Å². The molecule has 0 aliphatic rings. The van der Waals surface area contributed by atoms with Gasteiger partial charge in [0.2, 0.25) is 0 Å². The number of urea groups is 1. The van der Waals surface area contributed by atoms with Gasteiger partial charge in [-0.25, -0.2) is 9.78 Å². The first-order valence-electron chi connectivity index (χ1n) is 5.65. The quantitative estimate of drug-likeness (QED) is 0.811. The van der Waals surface area contributed by atoms with E-state index in [1.165, 1.54) is 30.7 Å². The second kappa shape index (κ2) is 5.64. The molecule has 8 heteroatoms. The Hall–Kier alpha value is -2.51. The molecule has 3 N–H and O–H groups in total. The SMILES string of the molecule is O=C(NCc1cnc[nH]1)Nc1ccccc1C(F)(F)F. The van der Waals surface area contributed by atoms with Crippen molar-refractivity contribution in [1.29, 1.82) is 0 Å². The molecule has 20 heavy (non-hydrogen) atoms. The van der Waals surface area contributed by atoms with Gasteiger partial charge in [0, 0.05) is 6.20 Å². The van der Waals surface area contributed by atoms with Crippen LogP contribution in [0.3, 0.4) is 0 Å². The summed E-state index contributed by atoms with van der Waals surface area (Å²) >= 11 is 0. The van der Waals surface area contributed by atoms with Crippen LogP contribution in [-0.2, 0) is 12.7 Å². The number of aromatic amines is 1. The van der Waals surface area contributed by atoms with Crippen LogP contribution in [0, 0.1) is 0 Å². The summed E-state index contributed by atoms with van der Waals surface area (Å²) in [6, 6.07) is 4.05. The Morgan fingerprint density at radius 3 is 2.70 bits per heavy atom. The predicted octanol–water partition coefficient (Wildman–Crippen LogP) is 2.75. The molecule has 0 radical (unpaired) electrons. The lowest BCUT2D eigenvalue weighted by Gasteiger charge is -2.13. The summed E-state index contributed by atoms with van der Waals surface area (Å²) in [7, 11) is 0. The number of anilines is 1. The van der Waals surface area contributed by atoms with E-state index in [-0.39, 0.29) is 12.2 Å². The Labute approximate surface area is 112 Å². The summed E-state index contributed by atoms with van der Waals surface area (Å²) < 4.78 is 38.2. The highest BCUT2D eigenvalue weighted by atomic mass is 19.4. The normalized spacial score (nSPS) is 11.2. The van der Waals surface area contributed by atoms with Gasteiger partial charge in [0.15, 0.2) is 0 Å². The zero-order valence-electron chi connectivity index (χ0n) is 10.2. The lowest BCUT2D eigenvalue weighted by atomic mass is 10.1. The summed E-state index contributed by atoms with van der Waals surface area (Å²) in [6.45, 7) is 0.139. The van der Waals surface area contributed by atoms with Gasteiger partial charge in [-0.2, -0.15) is 13.2 Å². The molecule has 0 aliphatic carbocycles. The van der Waals surface area contributed by atoms with E-state index in [0.29, 0.717) is 5.69 Å². The van der Waals surface area contributed by atoms with Crippen LogP contribution in [0.2, 0.25) is 0 Å². The molecule has 0 atom stereocenters. The molecule has 106 valence electrons. The molecule has 2 amide bonds. The number of para-hydroxylation sites is 1. The number of H-pyrrole nitrogens is 1. The molecule has 0 aliphatic heterocycles. The van der Waals surface area contributed by atoms with Crippen molar-refractivity contribution in [2.75, 3.05) is 5.32 Å². The number of nitrogens with zero attached hydrogens (tertiary/aromatic N) is 1. The number of carbonyl (C=O) groups is 1. The van der Waals surface area contributed by atoms with Crippen molar-refractivity contribution in [3.63, 3.8) is 0 Å². The largest absolute Gasteiger partial charge is 0.418 e. The lowest BCUT2D eigenvalue weighted by molar-refractivity contribution is -0.136. The van der Waals surface area contributed by atoms with E-state index < -0.39 is 17.8 Å². The van der Waals surface area contributed by atoms with E-state index in [9.17, 15) is 18.0 Å². The maximum atomic E-state index is 12.7. The molecule has 0 fully saturated rings. The average Bonchev–Trinajstić information content (AvgIpc) is 2.89. The maximum absolute atomic E-state index is 12.7. The number of carbonyl (C=O) groups excluding carboxylic acids is 1. The first-order valence-corrected chi connectivity index (χ1v) is 5.65. The van der Waals surface area contributed by atoms with Crippen molar-refractivity contribution < 1.29 is 18.0 Å². The number of halogens is 3. The number of imidazole rings is 1. The second-order valence-electron chi connectivity index (χ2n) is 3.93. The fourth-order valence-corrected chi connectivity index (χ4v) is 1.56. The maximum Gasteiger partial charge on any atom is 0.418 e. The van der Waals surface area contributed by atoms with Crippen LogP contribution in [0.1, 0.15) is 11.3 Å². The van der Waals surface area contributed by atoms with Gasteiger partial charge in [0.1, 0.15) is 0 Å². The minimum atomic E-state index is -4.52. The van der Waals surface area contributed by atoms with Crippen molar-refractivity contribution in [2.45, 2.75) is 12.7 Å². The molecule has 2 rings (SSSR count). The van der Waals surface area contributed by atoms with E-state index in [0.717, 1.165) is 6.07 Å². The highest BCUT2D eigenvalue weighted by Crippen LogP contribution is 2.34. The van der Waals surface area contributed by atoms with Gasteiger partial charge in [0.05, 0.1) is 29.8 Å². The molecule has 5 nitrogen and oxygen atoms in total. The summed E-state index contributed by atoms with van der Waals surface area (Å²) in [4.78, 5) is 18.1. The van der Waals surface area contributed by atoms with Gasteiger partial charge in [-0.15, -0.1) is 0 Å². The third kappa shape index (κ3) is 3.50. The monoisotopic (exact) mass is 284 g/mol. The second-order valence-corrected chi connectivity index (χ2v) is 3.93. The molecular weight excluding hydrogens is 273 g/mol. The summed E-state index contributed by atoms with van der Waals surface area (Å²) in [5.74, 6) is 0. The van der Waals surface area contributed by atoms with Crippen molar-refractivity contribution in [1.82, 2.24) is 15.3 Å². The first-order chi connectivity index (χ1) is 9.47. The van der Waals surface area contributed by atoms with Crippen LogP contribution in [0.5, 0.6) is 0 Å². The zero-order chi connectivity index (χ0) is 14.6. The number of rotatable bonds is 3. The van der Waals surface area contributed by atoms with E-state index >= 15 is 0 Å². The van der Waals surface area contributed by atoms with Gasteiger partial charge in [-0.1, -0.05) is 12.1 Å². The number of amides is 2. The molecular formula is C12H11F3N4O. The molecule has 0 spiro atoms. The minimum Gasteiger partial charge on any atom is -0.347 e. The van der Waals surface area contributed by atoms with E-state index in [4.69, 9.17) is 0 Å². The van der Waals surface area contributed by atoms with Gasteiger partial charge in [-0.05, 0) is 12.1 Å². The van der Waals surface area contributed by atoms with Crippen LogP contribution < -0.4 is 10.6 Å². The number of benzene rings is 1. The molecule has 1 aromatic carbocycles. The topological polar surface area (TPSA) is 69.8 Å². The zero-order valence-corrected chi connectivity index (χ0v) is 10.2. The fourth-order valence-electron chi connectivity index (χ4n) is 1.56. The van der Waals surface area contributed by atoms with Crippen molar-refractivity contribution in [3.05, 3.63) is 48.0 Å². The first kappa shape index (κ1) is 13.9. The average molecular weight is 284 g/mol. The van der Waals surface area contributed by atoms with Crippen molar-refractivity contribution in [3.8, 4) is 0 Å². The minimum absolute atomic E-state index is 0.139. The van der Waals surface area contributed by atoms with Gasteiger partial charge < -0.3 is 15.6 Å². The number of hydrogen-bond donors (Lipinski definition) is 3. The highest BCUT2D eigenvalue weighted by molar-refractivity contribution is 5.90. The van der Waals surface area contributed by atoms with Crippen LogP contribution in [0.25, 0.3) is 0 Å². The summed E-state index contributed by atoms with van der Waals surface area (Å²) in [5.41, 5.74) is -0.539. The van der Waals surface area contributed by atoms with Crippen molar-refractivity contribution in [2.24, 2.45) is 0 Å². The Balaban J connectivity index is 2.01. The smallest absolute Gasteiger partial charge is 0.347 e. The third-order valence-electron chi connectivity index (χ3n) is 2.47. The van der Waals surface area contributed by atoms with Crippen molar-refractivity contribution >= 4 is 11.7 Å². The Morgan fingerprint density at radius 1 is 1.30 bits per heavy atom. The predicted molar refractivity (Wildman–Crippen MR) is 65.9 cm³/mol. The van der Waals surface area contributed by atoms with Gasteiger partial charge in [-0.3, -0.25) is 0 Å². The van der Waals surface area contributed by atoms with Gasteiger partial charge >= 0.3 is 12.2 Å². The summed E-state index contributed by atoms with van der Waals surface area (Å²) in [5, 5.41) is 4.60. The molecule has 0 unspecified atom stereocenters. The van der Waals surface area contributed by atoms with Crippen LogP contribution >= 0.6 is 0 Å². The number of nitrogens with one attached hydrogen (secondary N) is 3. The standard InChI is InChI=1S/C12H11F3N4O/c13-12(14,15)9-3-1-2-4-10(9)19-11(20)17-6-8-5-16-7-18-8/h1-5,7H,6H2,(H,16,18)(H2,17,19,20). The van der Waals surface area contributed by atoms with Crippen LogP contribution in [0.15, 0.2) is 36.8 Å². The molecule has 2 aromatic rings. The Bertz CT molecular complexity index is 581. The van der Waals surface area contributed by atoms with Crippen LogP contribution in [-0.4, -0.2) is 16.0 Å². The van der Waals surface area contributed by atoms with E-state index in [1.807, 2.05) is 0 Å². The Kier molecular flexibility index (Phi) is 3.92. The third-order valence-corrected chi connectivity index (χ3v) is 2.47. The fraction of sp³-hybridized carbons (Fsp3) is 0.167. The molecule has 0 saturated carbocycles. The number of hydrogen-bond acceptors (Lipinski definition) is 2. The summed E-state index contributed by atoms with van der Waals surface area (Å²) in [6.07, 6.45) is -1.58. The number of aromatic nitrogens is 2.